The lowest BCUT2D eigenvalue weighted by atomic mass is 10.1. The minimum absolute atomic E-state index is 0.274. The first-order valence-corrected chi connectivity index (χ1v) is 5.59. The maximum Gasteiger partial charge on any atom is 0.338 e. The van der Waals surface area contributed by atoms with Crippen molar-refractivity contribution in [2.45, 2.75) is 0 Å². The van der Waals surface area contributed by atoms with Crippen molar-refractivity contribution in [3.8, 4) is 11.3 Å². The van der Waals surface area contributed by atoms with Gasteiger partial charge in [-0.1, -0.05) is 23.2 Å². The number of halogens is 3. The first-order chi connectivity index (χ1) is 8.49. The van der Waals surface area contributed by atoms with E-state index in [1.54, 1.807) is 12.1 Å². The molecular formula is C12H6Cl2FNO2. The molecular weight excluding hydrogens is 280 g/mol. The molecule has 0 fully saturated rings. The molecule has 0 saturated heterocycles. The molecule has 1 aromatic carbocycles. The molecule has 3 nitrogen and oxygen atoms in total. The summed E-state index contributed by atoms with van der Waals surface area (Å²) in [5.74, 6) is -2.25. The van der Waals surface area contributed by atoms with Gasteiger partial charge in [-0.05, 0) is 24.3 Å². The summed E-state index contributed by atoms with van der Waals surface area (Å²) in [5.41, 5.74) is 0.310. The van der Waals surface area contributed by atoms with Crippen molar-refractivity contribution < 1.29 is 14.3 Å². The monoisotopic (exact) mass is 285 g/mol. The van der Waals surface area contributed by atoms with Crippen LogP contribution in [0.1, 0.15) is 10.4 Å². The fourth-order valence-electron chi connectivity index (χ4n) is 1.45. The lowest BCUT2D eigenvalue weighted by Gasteiger charge is -2.05. The first-order valence-electron chi connectivity index (χ1n) is 4.83. The Labute approximate surface area is 112 Å². The Balaban J connectivity index is 2.58. The Hall–Kier alpha value is -1.65. The number of aromatic carboxylic acids is 1. The van der Waals surface area contributed by atoms with Crippen LogP contribution < -0.4 is 0 Å². The summed E-state index contributed by atoms with van der Waals surface area (Å²) >= 11 is 11.7. The molecule has 0 aliphatic rings. The van der Waals surface area contributed by atoms with Crippen LogP contribution in [0.5, 0.6) is 0 Å². The molecule has 0 saturated carbocycles. The lowest BCUT2D eigenvalue weighted by molar-refractivity contribution is 0.0691. The van der Waals surface area contributed by atoms with E-state index in [-0.39, 0.29) is 5.69 Å². The highest BCUT2D eigenvalue weighted by atomic mass is 35.5. The van der Waals surface area contributed by atoms with Crippen molar-refractivity contribution in [1.29, 1.82) is 0 Å². The van der Waals surface area contributed by atoms with Crippen molar-refractivity contribution in [3.63, 3.8) is 0 Å². The van der Waals surface area contributed by atoms with Crippen molar-refractivity contribution in [1.82, 2.24) is 4.98 Å². The highest BCUT2D eigenvalue weighted by molar-refractivity contribution is 6.36. The number of nitrogens with zero attached hydrogens (tertiary/aromatic N) is 1. The van der Waals surface area contributed by atoms with Gasteiger partial charge in [0.25, 0.3) is 0 Å². The molecule has 1 N–H and O–H groups in total. The zero-order valence-electron chi connectivity index (χ0n) is 8.82. The first kappa shape index (κ1) is 12.8. The molecule has 2 aromatic rings. The maximum absolute atomic E-state index is 13.2. The van der Waals surface area contributed by atoms with E-state index in [1.807, 2.05) is 0 Å². The van der Waals surface area contributed by atoms with Gasteiger partial charge >= 0.3 is 5.97 Å². The van der Waals surface area contributed by atoms with Crippen LogP contribution in [0.2, 0.25) is 10.0 Å². The predicted molar refractivity (Wildman–Crippen MR) is 66.6 cm³/mol. The van der Waals surface area contributed by atoms with Crippen LogP contribution >= 0.6 is 23.2 Å². The van der Waals surface area contributed by atoms with Crippen LogP contribution in [-0.4, -0.2) is 16.1 Å². The molecule has 6 heteroatoms. The van der Waals surface area contributed by atoms with E-state index in [2.05, 4.69) is 4.98 Å². The van der Waals surface area contributed by atoms with Crippen LogP contribution in [0.25, 0.3) is 11.3 Å². The van der Waals surface area contributed by atoms with E-state index in [1.165, 1.54) is 6.07 Å². The SMILES string of the molecule is O=C(O)c1cc(-c2ccc(Cl)cc2Cl)ncc1F. The van der Waals surface area contributed by atoms with Gasteiger partial charge in [-0.2, -0.15) is 0 Å². The number of rotatable bonds is 2. The van der Waals surface area contributed by atoms with Gasteiger partial charge in [0.15, 0.2) is 5.82 Å². The summed E-state index contributed by atoms with van der Waals surface area (Å²) < 4.78 is 13.2. The zero-order chi connectivity index (χ0) is 13.3. The number of carboxylic acid groups (broad SMARTS) is 1. The molecule has 0 spiro atoms. The molecule has 1 heterocycles. The minimum atomic E-state index is -1.36. The highest BCUT2D eigenvalue weighted by Crippen LogP contribution is 2.29. The van der Waals surface area contributed by atoms with Gasteiger partial charge in [-0.15, -0.1) is 0 Å². The van der Waals surface area contributed by atoms with E-state index >= 15 is 0 Å². The number of hydrogen-bond donors (Lipinski definition) is 1. The molecule has 0 radical (unpaired) electrons. The summed E-state index contributed by atoms with van der Waals surface area (Å²) in [6.45, 7) is 0. The molecule has 1 aromatic heterocycles. The van der Waals surface area contributed by atoms with Crippen LogP contribution in [0.3, 0.4) is 0 Å². The highest BCUT2D eigenvalue weighted by Gasteiger charge is 2.14. The topological polar surface area (TPSA) is 50.2 Å². The number of hydrogen-bond acceptors (Lipinski definition) is 2. The van der Waals surface area contributed by atoms with Crippen molar-refractivity contribution in [3.05, 3.63) is 51.9 Å². The second-order valence-corrected chi connectivity index (χ2v) is 4.32. The Morgan fingerprint density at radius 1 is 1.28 bits per heavy atom. The van der Waals surface area contributed by atoms with Gasteiger partial charge < -0.3 is 5.11 Å². The molecule has 92 valence electrons. The average Bonchev–Trinajstić information content (AvgIpc) is 2.30. The smallest absolute Gasteiger partial charge is 0.338 e. The van der Waals surface area contributed by atoms with E-state index in [4.69, 9.17) is 28.3 Å². The summed E-state index contributed by atoms with van der Waals surface area (Å²) in [7, 11) is 0. The minimum Gasteiger partial charge on any atom is -0.478 e. The van der Waals surface area contributed by atoms with Crippen LogP contribution in [0.4, 0.5) is 4.39 Å². The third-order valence-corrected chi connectivity index (χ3v) is 2.84. The number of pyridine rings is 1. The molecule has 0 atom stereocenters. The fourth-order valence-corrected chi connectivity index (χ4v) is 1.95. The maximum atomic E-state index is 13.2. The molecule has 0 aliphatic carbocycles. The normalized spacial score (nSPS) is 10.4. The van der Waals surface area contributed by atoms with Gasteiger partial charge in [0.05, 0.1) is 22.5 Å². The standard InChI is InChI=1S/C12H6Cl2FNO2/c13-6-1-2-7(9(14)3-6)11-4-8(12(17)18)10(15)5-16-11/h1-5H,(H,17,18). The summed E-state index contributed by atoms with van der Waals surface area (Å²) in [4.78, 5) is 14.6. The van der Waals surface area contributed by atoms with Crippen LogP contribution in [-0.2, 0) is 0 Å². The average molecular weight is 286 g/mol. The largest absolute Gasteiger partial charge is 0.478 e. The van der Waals surface area contributed by atoms with E-state index in [9.17, 15) is 9.18 Å². The molecule has 0 amide bonds. The molecule has 2 rings (SSSR count). The van der Waals surface area contributed by atoms with E-state index in [0.29, 0.717) is 15.6 Å². The zero-order valence-corrected chi connectivity index (χ0v) is 10.3. The number of carboxylic acids is 1. The van der Waals surface area contributed by atoms with Gasteiger partial charge in [0.2, 0.25) is 0 Å². The fraction of sp³-hybridized carbons (Fsp3) is 0. The third-order valence-electron chi connectivity index (χ3n) is 2.29. The predicted octanol–water partition coefficient (Wildman–Crippen LogP) is 3.89. The third kappa shape index (κ3) is 2.44. The van der Waals surface area contributed by atoms with Crippen molar-refractivity contribution >= 4 is 29.2 Å². The van der Waals surface area contributed by atoms with Crippen molar-refractivity contribution in [2.75, 3.05) is 0 Å². The summed E-state index contributed by atoms with van der Waals surface area (Å²) in [6.07, 6.45) is 0.851. The Morgan fingerprint density at radius 3 is 2.61 bits per heavy atom. The molecule has 18 heavy (non-hydrogen) atoms. The number of carbonyl (C=O) groups is 1. The second-order valence-electron chi connectivity index (χ2n) is 3.48. The molecule has 0 aliphatic heterocycles. The van der Waals surface area contributed by atoms with Crippen LogP contribution in [0, 0.1) is 5.82 Å². The number of aromatic nitrogens is 1. The Kier molecular flexibility index (Phi) is 3.50. The van der Waals surface area contributed by atoms with Gasteiger partial charge in [-0.25, -0.2) is 9.18 Å². The Bertz CT molecular complexity index is 631. The molecule has 0 bridgehead atoms. The Morgan fingerprint density at radius 2 is 2.00 bits per heavy atom. The van der Waals surface area contributed by atoms with Crippen molar-refractivity contribution in [2.24, 2.45) is 0 Å². The molecule has 0 unspecified atom stereocenters. The van der Waals surface area contributed by atoms with Gasteiger partial charge in [0, 0.05) is 10.6 Å². The van der Waals surface area contributed by atoms with E-state index < -0.39 is 17.3 Å². The quantitative estimate of drug-likeness (QED) is 0.911. The van der Waals surface area contributed by atoms with Gasteiger partial charge in [0.1, 0.15) is 0 Å². The number of benzene rings is 1. The van der Waals surface area contributed by atoms with Crippen LogP contribution in [0.15, 0.2) is 30.5 Å². The van der Waals surface area contributed by atoms with E-state index in [0.717, 1.165) is 12.3 Å². The van der Waals surface area contributed by atoms with Gasteiger partial charge in [-0.3, -0.25) is 4.98 Å². The lowest BCUT2D eigenvalue weighted by Crippen LogP contribution is -2.02. The summed E-state index contributed by atoms with van der Waals surface area (Å²) in [6, 6.07) is 5.82. The second kappa shape index (κ2) is 4.92. The summed E-state index contributed by atoms with van der Waals surface area (Å²) in [5, 5.41) is 9.59.